The minimum atomic E-state index is -0.794. The number of rotatable bonds is 57. The first-order valence-electron chi connectivity index (χ1n) is 32.0. The molecule has 0 fully saturated rings. The Morgan fingerprint density at radius 1 is 0.273 bits per heavy atom. The first kappa shape index (κ1) is 72.8. The lowest BCUT2D eigenvalue weighted by Gasteiger charge is -2.18. The molecule has 0 aliphatic heterocycles. The molecule has 0 aromatic heterocycles. The molecule has 0 saturated heterocycles. The summed E-state index contributed by atoms with van der Waals surface area (Å²) in [6, 6.07) is 0. The minimum absolute atomic E-state index is 0.0878. The Hall–Kier alpha value is -4.19. The van der Waals surface area contributed by atoms with E-state index in [0.29, 0.717) is 19.3 Å². The Labute approximate surface area is 475 Å². The van der Waals surface area contributed by atoms with Gasteiger partial charge in [0.1, 0.15) is 13.2 Å². The Morgan fingerprint density at radius 3 is 0.792 bits per heavy atom. The van der Waals surface area contributed by atoms with Gasteiger partial charge in [0.05, 0.1) is 0 Å². The molecule has 1 atom stereocenters. The summed E-state index contributed by atoms with van der Waals surface area (Å²) in [6.45, 7) is 6.41. The van der Waals surface area contributed by atoms with E-state index < -0.39 is 6.10 Å². The van der Waals surface area contributed by atoms with Crippen LogP contribution in [0.4, 0.5) is 0 Å². The second-order valence-electron chi connectivity index (χ2n) is 20.9. The van der Waals surface area contributed by atoms with Crippen molar-refractivity contribution in [1.82, 2.24) is 0 Å². The zero-order valence-electron chi connectivity index (χ0n) is 50.2. The van der Waals surface area contributed by atoms with E-state index in [0.717, 1.165) is 148 Å². The Morgan fingerprint density at radius 2 is 0.506 bits per heavy atom. The number of allylic oxidation sites excluding steroid dienone is 20. The van der Waals surface area contributed by atoms with Crippen LogP contribution in [0.3, 0.4) is 0 Å². The van der Waals surface area contributed by atoms with Crippen LogP contribution < -0.4 is 0 Å². The lowest BCUT2D eigenvalue weighted by molar-refractivity contribution is -0.167. The van der Waals surface area contributed by atoms with Crippen molar-refractivity contribution < 1.29 is 28.6 Å². The molecule has 0 amide bonds. The van der Waals surface area contributed by atoms with Crippen molar-refractivity contribution in [2.24, 2.45) is 0 Å². The highest BCUT2D eigenvalue weighted by molar-refractivity contribution is 5.71. The summed E-state index contributed by atoms with van der Waals surface area (Å²) in [6.07, 6.45) is 89.1. The highest BCUT2D eigenvalue weighted by Gasteiger charge is 2.19. The second kappa shape index (κ2) is 64.3. The molecule has 6 heteroatoms. The summed E-state index contributed by atoms with van der Waals surface area (Å²) in [4.78, 5) is 38.3. The molecule has 0 spiro atoms. The predicted molar refractivity (Wildman–Crippen MR) is 334 cm³/mol. The molecule has 0 N–H and O–H groups in total. The fourth-order valence-electron chi connectivity index (χ4n) is 8.73. The first-order chi connectivity index (χ1) is 38.0. The average molecular weight is 1070 g/mol. The van der Waals surface area contributed by atoms with E-state index in [1.54, 1.807) is 0 Å². The molecular weight excluding hydrogens is 949 g/mol. The summed E-state index contributed by atoms with van der Waals surface area (Å²) >= 11 is 0. The number of esters is 3. The van der Waals surface area contributed by atoms with Gasteiger partial charge in [-0.25, -0.2) is 0 Å². The fourth-order valence-corrected chi connectivity index (χ4v) is 8.73. The van der Waals surface area contributed by atoms with Crippen molar-refractivity contribution in [1.29, 1.82) is 0 Å². The van der Waals surface area contributed by atoms with Gasteiger partial charge in [-0.1, -0.05) is 284 Å². The van der Waals surface area contributed by atoms with E-state index in [4.69, 9.17) is 14.2 Å². The lowest BCUT2D eigenvalue weighted by atomic mass is 10.0. The smallest absolute Gasteiger partial charge is 0.306 e. The third-order valence-electron chi connectivity index (χ3n) is 13.5. The van der Waals surface area contributed by atoms with Gasteiger partial charge in [0.25, 0.3) is 0 Å². The maximum absolute atomic E-state index is 12.9. The Balaban J connectivity index is 4.39. The largest absolute Gasteiger partial charge is 0.462 e. The molecule has 438 valence electrons. The maximum atomic E-state index is 12.9. The molecular formula is C71H118O6. The van der Waals surface area contributed by atoms with Crippen molar-refractivity contribution in [2.75, 3.05) is 13.2 Å². The van der Waals surface area contributed by atoms with Gasteiger partial charge in [-0.2, -0.15) is 0 Å². The molecule has 0 aliphatic carbocycles. The SMILES string of the molecule is CC/C=C\C/C=C\C/C=C\C/C=C\C/C=C\CCCCCCCCCCCC(=O)OCC(COC(=O)CCCCCCCCCCCCCCC)OC(=O)CCCCCCC/C=C\C/C=C\C/C=C\C/C=C\C/C=C\CC. The van der Waals surface area contributed by atoms with Crippen LogP contribution in [0.15, 0.2) is 122 Å². The van der Waals surface area contributed by atoms with Gasteiger partial charge in [0.15, 0.2) is 6.10 Å². The molecule has 1 unspecified atom stereocenters. The van der Waals surface area contributed by atoms with Gasteiger partial charge in [-0.05, 0) is 109 Å². The number of carbonyl (C=O) groups excluding carboxylic acids is 3. The van der Waals surface area contributed by atoms with Crippen LogP contribution in [0.25, 0.3) is 0 Å². The van der Waals surface area contributed by atoms with Crippen LogP contribution in [-0.2, 0) is 28.6 Å². The highest BCUT2D eigenvalue weighted by Crippen LogP contribution is 2.16. The molecule has 77 heavy (non-hydrogen) atoms. The molecule has 0 aromatic rings. The second-order valence-corrected chi connectivity index (χ2v) is 20.9. The van der Waals surface area contributed by atoms with Gasteiger partial charge in [-0.15, -0.1) is 0 Å². The minimum Gasteiger partial charge on any atom is -0.462 e. The van der Waals surface area contributed by atoms with Crippen molar-refractivity contribution in [3.05, 3.63) is 122 Å². The van der Waals surface area contributed by atoms with Crippen LogP contribution in [0.5, 0.6) is 0 Å². The number of carbonyl (C=O) groups is 3. The molecule has 0 aliphatic rings. The number of ether oxygens (including phenoxy) is 3. The number of hydrogen-bond donors (Lipinski definition) is 0. The van der Waals surface area contributed by atoms with E-state index in [2.05, 4.69) is 142 Å². The molecule has 0 rings (SSSR count). The van der Waals surface area contributed by atoms with Crippen LogP contribution >= 0.6 is 0 Å². The standard InChI is InChI=1S/C71H118O6/c1-4-7-10-13-16-19-22-25-27-29-31-33-34-35-36-38-39-41-43-46-49-52-55-58-61-64-70(73)76-67-68(66-75-69(72)63-60-57-54-51-48-45-24-21-18-15-12-9-6-3)77-71(74)65-62-59-56-53-50-47-44-42-40-37-32-30-28-26-23-20-17-14-11-8-5-2/h7-8,10-11,16-17,19-20,25-28,31-33,35-37,42,44,68H,4-6,9,12-15,18,21-24,29-30,34,38-41,43,45-67H2,1-3H3/b10-7-,11-8-,19-16-,20-17-,27-25-,28-26-,33-31-,36-35-,37-32-,44-42-. The van der Waals surface area contributed by atoms with E-state index in [-0.39, 0.29) is 31.1 Å². The monoisotopic (exact) mass is 1070 g/mol. The summed E-state index contributed by atoms with van der Waals surface area (Å²) in [5.41, 5.74) is 0. The highest BCUT2D eigenvalue weighted by atomic mass is 16.6. The maximum Gasteiger partial charge on any atom is 0.306 e. The third kappa shape index (κ3) is 62.5. The zero-order valence-corrected chi connectivity index (χ0v) is 50.2. The summed E-state index contributed by atoms with van der Waals surface area (Å²) < 4.78 is 16.9. The molecule has 0 saturated carbocycles. The van der Waals surface area contributed by atoms with Gasteiger partial charge in [-0.3, -0.25) is 14.4 Å². The van der Waals surface area contributed by atoms with E-state index in [1.807, 2.05) is 0 Å². The van der Waals surface area contributed by atoms with Gasteiger partial charge in [0.2, 0.25) is 0 Å². The number of hydrogen-bond acceptors (Lipinski definition) is 6. The zero-order chi connectivity index (χ0) is 55.7. The molecule has 0 bridgehead atoms. The molecule has 0 aromatic carbocycles. The molecule has 6 nitrogen and oxygen atoms in total. The Kier molecular flexibility index (Phi) is 60.8. The molecule has 0 radical (unpaired) electrons. The van der Waals surface area contributed by atoms with Crippen LogP contribution in [0.2, 0.25) is 0 Å². The average Bonchev–Trinajstić information content (AvgIpc) is 3.43. The van der Waals surface area contributed by atoms with E-state index in [9.17, 15) is 14.4 Å². The van der Waals surface area contributed by atoms with Crippen LogP contribution in [-0.4, -0.2) is 37.2 Å². The quantitative estimate of drug-likeness (QED) is 0.0261. The Bertz CT molecular complexity index is 1600. The fraction of sp³-hybridized carbons (Fsp3) is 0.676. The van der Waals surface area contributed by atoms with Crippen molar-refractivity contribution in [3.63, 3.8) is 0 Å². The predicted octanol–water partition coefficient (Wildman–Crippen LogP) is 22.0. The van der Waals surface area contributed by atoms with Crippen molar-refractivity contribution in [3.8, 4) is 0 Å². The lowest BCUT2D eigenvalue weighted by Crippen LogP contribution is -2.30. The summed E-state index contributed by atoms with van der Waals surface area (Å²) in [7, 11) is 0. The van der Waals surface area contributed by atoms with E-state index >= 15 is 0 Å². The summed E-state index contributed by atoms with van der Waals surface area (Å²) in [5.74, 6) is -0.907. The topological polar surface area (TPSA) is 78.9 Å². The van der Waals surface area contributed by atoms with Crippen molar-refractivity contribution in [2.45, 2.75) is 297 Å². The van der Waals surface area contributed by atoms with Gasteiger partial charge >= 0.3 is 17.9 Å². The van der Waals surface area contributed by atoms with Crippen LogP contribution in [0.1, 0.15) is 290 Å². The van der Waals surface area contributed by atoms with E-state index in [1.165, 1.54) is 103 Å². The van der Waals surface area contributed by atoms with Crippen molar-refractivity contribution >= 4 is 17.9 Å². The third-order valence-corrected chi connectivity index (χ3v) is 13.5. The first-order valence-corrected chi connectivity index (χ1v) is 32.0. The van der Waals surface area contributed by atoms with Gasteiger partial charge < -0.3 is 14.2 Å². The van der Waals surface area contributed by atoms with Crippen LogP contribution in [0, 0.1) is 0 Å². The normalized spacial score (nSPS) is 12.9. The molecule has 0 heterocycles. The summed E-state index contributed by atoms with van der Waals surface area (Å²) in [5, 5.41) is 0. The van der Waals surface area contributed by atoms with Gasteiger partial charge in [0, 0.05) is 19.3 Å². The number of unbranched alkanes of at least 4 members (excludes halogenated alkanes) is 26.